The molecule has 1 fully saturated rings. The van der Waals surface area contributed by atoms with Crippen molar-refractivity contribution in [2.24, 2.45) is 5.73 Å². The largest absolute Gasteiger partial charge is 0.367 e. The first-order valence-electron chi connectivity index (χ1n) is 8.57. The van der Waals surface area contributed by atoms with Crippen molar-refractivity contribution < 1.29 is 4.79 Å². The number of nitrogens with one attached hydrogen (secondary N) is 2. The average Bonchev–Trinajstić information content (AvgIpc) is 2.52. The number of pyridine rings is 1. The van der Waals surface area contributed by atoms with Crippen LogP contribution in [0.4, 0.5) is 11.8 Å². The van der Waals surface area contributed by atoms with Crippen LogP contribution in [-0.2, 0) is 0 Å². The molecule has 0 saturated heterocycles. The van der Waals surface area contributed by atoms with Gasteiger partial charge in [0.2, 0.25) is 5.95 Å². The number of rotatable bonds is 5. The molecular formula is C18H24N6O2. The standard InChI is InChI=1S/C18H24N6O2/c1-9-5-13(16(19)26)17(20-10(9)2)21-12-6-11(7-12)14-8-15(25)23-18(22-14)24(3)4/h5,8,11-12H,6-7H2,1-4H3,(H2,19,26)(H,20,21)(H,22,23,25). The second kappa shape index (κ2) is 6.78. The molecule has 3 rings (SSSR count). The molecule has 1 saturated carbocycles. The van der Waals surface area contributed by atoms with Crippen LogP contribution < -0.4 is 21.5 Å². The van der Waals surface area contributed by atoms with Crippen LogP contribution in [0.3, 0.4) is 0 Å². The molecule has 0 bridgehead atoms. The zero-order valence-electron chi connectivity index (χ0n) is 15.5. The molecule has 2 aromatic heterocycles. The number of nitrogens with zero attached hydrogens (tertiary/aromatic N) is 3. The molecule has 2 aromatic rings. The van der Waals surface area contributed by atoms with Crippen molar-refractivity contribution in [1.82, 2.24) is 15.0 Å². The number of anilines is 2. The summed E-state index contributed by atoms with van der Waals surface area (Å²) in [6.45, 7) is 3.80. The fourth-order valence-electron chi connectivity index (χ4n) is 3.06. The van der Waals surface area contributed by atoms with Crippen LogP contribution in [0, 0.1) is 13.8 Å². The van der Waals surface area contributed by atoms with Crippen LogP contribution in [0.1, 0.15) is 46.1 Å². The number of amides is 1. The lowest BCUT2D eigenvalue weighted by Gasteiger charge is -2.36. The van der Waals surface area contributed by atoms with Crippen LogP contribution >= 0.6 is 0 Å². The van der Waals surface area contributed by atoms with Crippen LogP contribution in [0.15, 0.2) is 16.9 Å². The molecule has 0 aliphatic heterocycles. The van der Waals surface area contributed by atoms with Crippen molar-refractivity contribution in [3.05, 3.63) is 45.0 Å². The number of aryl methyl sites for hydroxylation is 2. The van der Waals surface area contributed by atoms with Gasteiger partial charge in [0.05, 0.1) is 11.3 Å². The van der Waals surface area contributed by atoms with Gasteiger partial charge in [-0.1, -0.05) is 0 Å². The van der Waals surface area contributed by atoms with Crippen molar-refractivity contribution in [1.29, 1.82) is 0 Å². The summed E-state index contributed by atoms with van der Waals surface area (Å²) >= 11 is 0. The summed E-state index contributed by atoms with van der Waals surface area (Å²) in [5.74, 6) is 0.788. The van der Waals surface area contributed by atoms with E-state index in [-0.39, 0.29) is 17.5 Å². The zero-order valence-corrected chi connectivity index (χ0v) is 15.5. The highest BCUT2D eigenvalue weighted by Gasteiger charge is 2.33. The van der Waals surface area contributed by atoms with E-state index in [1.807, 2.05) is 27.9 Å². The molecule has 26 heavy (non-hydrogen) atoms. The van der Waals surface area contributed by atoms with Gasteiger partial charge in [-0.3, -0.25) is 14.6 Å². The van der Waals surface area contributed by atoms with Gasteiger partial charge >= 0.3 is 0 Å². The minimum absolute atomic E-state index is 0.151. The van der Waals surface area contributed by atoms with Crippen molar-refractivity contribution in [3.8, 4) is 0 Å². The van der Waals surface area contributed by atoms with Gasteiger partial charge in [-0.15, -0.1) is 0 Å². The normalized spacial score (nSPS) is 18.9. The Morgan fingerprint density at radius 3 is 2.58 bits per heavy atom. The molecule has 8 heteroatoms. The maximum absolute atomic E-state index is 11.8. The van der Waals surface area contributed by atoms with Gasteiger partial charge < -0.3 is 16.0 Å². The van der Waals surface area contributed by atoms with Gasteiger partial charge in [0, 0.05) is 37.8 Å². The highest BCUT2D eigenvalue weighted by Crippen LogP contribution is 2.37. The fourth-order valence-corrected chi connectivity index (χ4v) is 3.06. The van der Waals surface area contributed by atoms with E-state index in [0.29, 0.717) is 17.3 Å². The molecule has 0 spiro atoms. The quantitative estimate of drug-likeness (QED) is 0.743. The number of carbonyl (C=O) groups is 1. The second-order valence-electron chi connectivity index (χ2n) is 7.05. The van der Waals surface area contributed by atoms with E-state index >= 15 is 0 Å². The van der Waals surface area contributed by atoms with Crippen LogP contribution in [0.2, 0.25) is 0 Å². The predicted octanol–water partition coefficient (Wildman–Crippen LogP) is 1.30. The van der Waals surface area contributed by atoms with Gasteiger partial charge in [0.25, 0.3) is 11.5 Å². The average molecular weight is 356 g/mol. The van der Waals surface area contributed by atoms with Gasteiger partial charge in [-0.25, -0.2) is 9.97 Å². The minimum atomic E-state index is -0.495. The number of carbonyl (C=O) groups excluding carboxylic acids is 1. The first kappa shape index (κ1) is 17.9. The van der Waals surface area contributed by atoms with Gasteiger partial charge in [-0.2, -0.15) is 0 Å². The van der Waals surface area contributed by atoms with E-state index in [4.69, 9.17) is 5.73 Å². The molecule has 0 radical (unpaired) electrons. The summed E-state index contributed by atoms with van der Waals surface area (Å²) in [7, 11) is 3.67. The van der Waals surface area contributed by atoms with Gasteiger partial charge in [-0.05, 0) is 38.3 Å². The molecule has 4 N–H and O–H groups in total. The van der Waals surface area contributed by atoms with E-state index in [0.717, 1.165) is 29.8 Å². The monoisotopic (exact) mass is 356 g/mol. The number of hydrogen-bond acceptors (Lipinski definition) is 6. The lowest BCUT2D eigenvalue weighted by atomic mass is 9.78. The minimum Gasteiger partial charge on any atom is -0.367 e. The first-order valence-corrected chi connectivity index (χ1v) is 8.57. The predicted molar refractivity (Wildman–Crippen MR) is 101 cm³/mol. The Balaban J connectivity index is 1.73. The number of aromatic nitrogens is 3. The maximum Gasteiger partial charge on any atom is 0.252 e. The van der Waals surface area contributed by atoms with E-state index in [2.05, 4.69) is 20.3 Å². The Hall–Kier alpha value is -2.90. The lowest BCUT2D eigenvalue weighted by molar-refractivity contribution is 0.100. The third kappa shape index (κ3) is 3.54. The fraction of sp³-hybridized carbons (Fsp3) is 0.444. The number of aromatic amines is 1. The van der Waals surface area contributed by atoms with E-state index < -0.39 is 5.91 Å². The van der Waals surface area contributed by atoms with E-state index in [9.17, 15) is 9.59 Å². The molecule has 8 nitrogen and oxygen atoms in total. The van der Waals surface area contributed by atoms with Crippen LogP contribution in [0.25, 0.3) is 0 Å². The highest BCUT2D eigenvalue weighted by molar-refractivity contribution is 5.97. The van der Waals surface area contributed by atoms with Crippen LogP contribution in [-0.4, -0.2) is 41.0 Å². The Morgan fingerprint density at radius 2 is 1.96 bits per heavy atom. The molecule has 138 valence electrons. The van der Waals surface area contributed by atoms with Gasteiger partial charge in [0.15, 0.2) is 0 Å². The summed E-state index contributed by atoms with van der Waals surface area (Å²) in [6, 6.07) is 3.48. The summed E-state index contributed by atoms with van der Waals surface area (Å²) in [6.07, 6.45) is 1.63. The van der Waals surface area contributed by atoms with Crippen LogP contribution in [0.5, 0.6) is 0 Å². The zero-order chi connectivity index (χ0) is 19.0. The SMILES string of the molecule is Cc1cc(C(N)=O)c(NC2CC(c3cc(=O)[nH]c(N(C)C)n3)C2)nc1C. The molecule has 1 aliphatic rings. The Kier molecular flexibility index (Phi) is 4.67. The summed E-state index contributed by atoms with van der Waals surface area (Å²) in [4.78, 5) is 37.0. The number of primary amides is 1. The molecule has 0 aromatic carbocycles. The molecule has 2 heterocycles. The summed E-state index contributed by atoms with van der Waals surface area (Å²) < 4.78 is 0. The van der Waals surface area contributed by atoms with E-state index in [1.165, 1.54) is 0 Å². The second-order valence-corrected chi connectivity index (χ2v) is 7.05. The van der Waals surface area contributed by atoms with Gasteiger partial charge in [0.1, 0.15) is 5.82 Å². The summed E-state index contributed by atoms with van der Waals surface area (Å²) in [5.41, 5.74) is 8.31. The van der Waals surface area contributed by atoms with Crippen molar-refractivity contribution in [2.45, 2.75) is 38.6 Å². The molecule has 1 amide bonds. The third-order valence-corrected chi connectivity index (χ3v) is 4.80. The number of nitrogens with two attached hydrogens (primary N) is 1. The van der Waals surface area contributed by atoms with Crippen molar-refractivity contribution >= 4 is 17.7 Å². The number of H-pyrrole nitrogens is 1. The lowest BCUT2D eigenvalue weighted by Crippen LogP contribution is -2.36. The Labute approximate surface area is 151 Å². The van der Waals surface area contributed by atoms with Crippen molar-refractivity contribution in [3.63, 3.8) is 0 Å². The molecule has 0 atom stereocenters. The topological polar surface area (TPSA) is 117 Å². The van der Waals surface area contributed by atoms with Crippen molar-refractivity contribution in [2.75, 3.05) is 24.3 Å². The highest BCUT2D eigenvalue weighted by atomic mass is 16.1. The Bertz CT molecular complexity index is 899. The molecule has 1 aliphatic carbocycles. The Morgan fingerprint density at radius 1 is 1.27 bits per heavy atom. The molecular weight excluding hydrogens is 332 g/mol. The molecule has 0 unspecified atom stereocenters. The maximum atomic E-state index is 11.8. The first-order chi connectivity index (χ1) is 12.2. The summed E-state index contributed by atoms with van der Waals surface area (Å²) in [5, 5.41) is 3.31. The van der Waals surface area contributed by atoms with E-state index in [1.54, 1.807) is 17.0 Å². The third-order valence-electron chi connectivity index (χ3n) is 4.80. The number of hydrogen-bond donors (Lipinski definition) is 3. The smallest absolute Gasteiger partial charge is 0.252 e.